The molecular formula is C15H34O4Si3. The summed E-state index contributed by atoms with van der Waals surface area (Å²) in [4.78, 5) is 11.3. The minimum atomic E-state index is -1.97. The summed E-state index contributed by atoms with van der Waals surface area (Å²) >= 11 is 0. The van der Waals surface area contributed by atoms with Crippen molar-refractivity contribution in [3.05, 3.63) is 11.1 Å². The molecule has 0 aliphatic carbocycles. The van der Waals surface area contributed by atoms with Crippen LogP contribution in [0.2, 0.25) is 45.3 Å². The van der Waals surface area contributed by atoms with Gasteiger partial charge in [-0.05, 0) is 64.6 Å². The third-order valence-corrected chi connectivity index (χ3v) is 12.5. The van der Waals surface area contributed by atoms with Crippen LogP contribution in [-0.4, -0.2) is 37.0 Å². The second-order valence-electron chi connectivity index (χ2n) is 7.98. The summed E-state index contributed by atoms with van der Waals surface area (Å²) in [6.45, 7) is 18.9. The van der Waals surface area contributed by atoms with Gasteiger partial charge in [-0.25, -0.2) is 4.79 Å². The molecule has 0 aromatic heterocycles. The summed E-state index contributed by atoms with van der Waals surface area (Å²) < 4.78 is 12.4. The van der Waals surface area contributed by atoms with Gasteiger partial charge in [0.2, 0.25) is 0 Å². The van der Waals surface area contributed by atoms with Crippen molar-refractivity contribution in [3.63, 3.8) is 0 Å². The normalized spacial score (nSPS) is 15.7. The molecule has 0 heterocycles. The minimum absolute atomic E-state index is 0.446. The van der Waals surface area contributed by atoms with Gasteiger partial charge in [-0.2, -0.15) is 0 Å². The van der Waals surface area contributed by atoms with E-state index in [2.05, 4.69) is 53.1 Å². The Hall–Kier alpha value is -0.219. The van der Waals surface area contributed by atoms with Gasteiger partial charge in [-0.15, -0.1) is 0 Å². The highest BCUT2D eigenvalue weighted by atomic mass is 28.4. The third-order valence-electron chi connectivity index (χ3n) is 3.15. The summed E-state index contributed by atoms with van der Waals surface area (Å²) in [6, 6.07) is 0.774. The second kappa shape index (κ2) is 8.58. The number of allylic oxidation sites excluding steroid dienone is 1. The Morgan fingerprint density at radius 3 is 2.00 bits per heavy atom. The van der Waals surface area contributed by atoms with Crippen molar-refractivity contribution in [2.45, 2.75) is 72.5 Å². The van der Waals surface area contributed by atoms with Gasteiger partial charge < -0.3 is 13.3 Å². The Morgan fingerprint density at radius 1 is 1.14 bits per heavy atom. The van der Waals surface area contributed by atoms with Crippen molar-refractivity contribution in [1.82, 2.24) is 0 Å². The van der Waals surface area contributed by atoms with Gasteiger partial charge in [0, 0.05) is 5.57 Å². The summed E-state index contributed by atoms with van der Waals surface area (Å²) in [5.41, 5.74) is 1.52. The molecule has 7 heteroatoms. The van der Waals surface area contributed by atoms with Gasteiger partial charge in [-0.3, -0.25) is 0 Å². The standard InChI is InChI=1S/C15H34O4Si3/c1-12(2)10-14(13(3)15(16)17)11-22(8,9)19-20(4)18-21(5,6)7/h12,20H,10-11H2,1-9H3,(H,16,17). The van der Waals surface area contributed by atoms with E-state index in [1.807, 2.05) is 0 Å². The molecule has 1 atom stereocenters. The Bertz CT molecular complexity index is 412. The monoisotopic (exact) mass is 362 g/mol. The topological polar surface area (TPSA) is 55.8 Å². The highest BCUT2D eigenvalue weighted by Crippen LogP contribution is 2.27. The smallest absolute Gasteiger partial charge is 0.331 e. The Labute approximate surface area is 140 Å². The molecule has 0 radical (unpaired) electrons. The molecule has 0 saturated heterocycles. The molecule has 0 aromatic carbocycles. The van der Waals surface area contributed by atoms with Crippen LogP contribution in [0, 0.1) is 5.92 Å². The molecule has 0 amide bonds. The molecule has 1 unspecified atom stereocenters. The Balaban J connectivity index is 5.03. The average molecular weight is 363 g/mol. The average Bonchev–Trinajstić information content (AvgIpc) is 2.21. The van der Waals surface area contributed by atoms with Gasteiger partial charge in [-0.1, -0.05) is 19.4 Å². The van der Waals surface area contributed by atoms with Crippen LogP contribution in [0.5, 0.6) is 0 Å². The van der Waals surface area contributed by atoms with Crippen LogP contribution >= 0.6 is 0 Å². The summed E-state index contributed by atoms with van der Waals surface area (Å²) in [7, 11) is -5.19. The van der Waals surface area contributed by atoms with E-state index >= 15 is 0 Å². The van der Waals surface area contributed by atoms with E-state index in [0.29, 0.717) is 11.5 Å². The van der Waals surface area contributed by atoms with Gasteiger partial charge in [0.1, 0.15) is 0 Å². The molecule has 0 bridgehead atoms. The fourth-order valence-electron chi connectivity index (χ4n) is 2.53. The van der Waals surface area contributed by atoms with Crippen LogP contribution in [0.4, 0.5) is 0 Å². The molecule has 4 nitrogen and oxygen atoms in total. The molecule has 0 rings (SSSR count). The zero-order valence-corrected chi connectivity index (χ0v) is 18.9. The van der Waals surface area contributed by atoms with E-state index in [1.54, 1.807) is 6.92 Å². The maximum absolute atomic E-state index is 11.3. The minimum Gasteiger partial charge on any atom is -0.478 e. The van der Waals surface area contributed by atoms with Crippen molar-refractivity contribution < 1.29 is 18.1 Å². The van der Waals surface area contributed by atoms with Crippen molar-refractivity contribution in [2.75, 3.05) is 0 Å². The fourth-order valence-corrected chi connectivity index (χ4v) is 12.5. The molecule has 0 aliphatic rings. The third kappa shape index (κ3) is 9.73. The first-order chi connectivity index (χ1) is 9.73. The molecule has 0 fully saturated rings. The van der Waals surface area contributed by atoms with Crippen molar-refractivity contribution in [2.24, 2.45) is 5.92 Å². The van der Waals surface area contributed by atoms with Gasteiger partial charge in [0.05, 0.1) is 0 Å². The maximum atomic E-state index is 11.3. The molecule has 0 aliphatic heterocycles. The van der Waals surface area contributed by atoms with Crippen LogP contribution in [-0.2, 0) is 13.0 Å². The first kappa shape index (κ1) is 21.8. The molecule has 130 valence electrons. The van der Waals surface area contributed by atoms with Crippen LogP contribution < -0.4 is 0 Å². The number of aliphatic carboxylic acids is 1. The lowest BCUT2D eigenvalue weighted by atomic mass is 10.0. The predicted octanol–water partition coefficient (Wildman–Crippen LogP) is 4.36. The van der Waals surface area contributed by atoms with Crippen LogP contribution in [0.15, 0.2) is 11.1 Å². The Morgan fingerprint density at radius 2 is 1.64 bits per heavy atom. The highest BCUT2D eigenvalue weighted by Gasteiger charge is 2.31. The quantitative estimate of drug-likeness (QED) is 0.489. The predicted molar refractivity (Wildman–Crippen MR) is 101 cm³/mol. The second-order valence-corrected chi connectivity index (χ2v) is 19.1. The molecule has 1 N–H and O–H groups in total. The molecule has 0 aromatic rings. The van der Waals surface area contributed by atoms with Crippen LogP contribution in [0.1, 0.15) is 27.2 Å². The SMILES string of the molecule is CC(C(=O)O)=C(CC(C)C)C[Si](C)(C)O[SiH](C)O[Si](C)(C)C. The lowest BCUT2D eigenvalue weighted by Crippen LogP contribution is -2.43. The number of carbonyl (C=O) groups is 1. The zero-order chi connectivity index (χ0) is 17.7. The van der Waals surface area contributed by atoms with Gasteiger partial charge in [0.25, 0.3) is 9.28 Å². The van der Waals surface area contributed by atoms with E-state index in [9.17, 15) is 9.90 Å². The van der Waals surface area contributed by atoms with Crippen molar-refractivity contribution >= 4 is 31.9 Å². The lowest BCUT2D eigenvalue weighted by molar-refractivity contribution is -0.132. The number of hydrogen-bond donors (Lipinski definition) is 1. The van der Waals surface area contributed by atoms with E-state index in [1.165, 1.54) is 0 Å². The van der Waals surface area contributed by atoms with Gasteiger partial charge >= 0.3 is 5.97 Å². The Kier molecular flexibility index (Phi) is 8.50. The molecule has 22 heavy (non-hydrogen) atoms. The van der Waals surface area contributed by atoms with E-state index < -0.39 is 31.9 Å². The van der Waals surface area contributed by atoms with Crippen molar-refractivity contribution in [3.8, 4) is 0 Å². The number of carboxylic acids is 1. The number of rotatable bonds is 9. The lowest BCUT2D eigenvalue weighted by Gasteiger charge is -2.32. The largest absolute Gasteiger partial charge is 0.478 e. The molecule has 0 spiro atoms. The summed E-state index contributed by atoms with van der Waals surface area (Å²) in [6.07, 6.45) is 0.822. The maximum Gasteiger partial charge on any atom is 0.331 e. The first-order valence-corrected chi connectivity index (χ1v) is 16.6. The number of hydrogen-bond acceptors (Lipinski definition) is 3. The summed E-state index contributed by atoms with van der Waals surface area (Å²) in [5.74, 6) is -0.369. The molecule has 0 saturated carbocycles. The van der Waals surface area contributed by atoms with E-state index in [4.69, 9.17) is 8.23 Å². The van der Waals surface area contributed by atoms with E-state index in [-0.39, 0.29) is 0 Å². The number of carboxylic acid groups (broad SMARTS) is 1. The molecular weight excluding hydrogens is 328 g/mol. The zero-order valence-electron chi connectivity index (χ0n) is 15.7. The highest BCUT2D eigenvalue weighted by molar-refractivity contribution is 6.81. The fraction of sp³-hybridized carbons (Fsp3) is 0.800. The summed E-state index contributed by atoms with van der Waals surface area (Å²) in [5, 5.41) is 9.30. The van der Waals surface area contributed by atoms with Gasteiger partial charge in [0.15, 0.2) is 16.6 Å². The van der Waals surface area contributed by atoms with Crippen molar-refractivity contribution in [1.29, 1.82) is 0 Å². The van der Waals surface area contributed by atoms with Crippen LogP contribution in [0.25, 0.3) is 0 Å². The van der Waals surface area contributed by atoms with E-state index in [0.717, 1.165) is 18.0 Å². The first-order valence-electron chi connectivity index (χ1n) is 8.01. The van der Waals surface area contributed by atoms with Crippen LogP contribution in [0.3, 0.4) is 0 Å².